The molecule has 5 unspecified atom stereocenters. The van der Waals surface area contributed by atoms with Crippen molar-refractivity contribution < 1.29 is 4.79 Å². The Hall–Kier alpha value is -1.35. The topological polar surface area (TPSA) is 32.3 Å². The fourth-order valence-corrected chi connectivity index (χ4v) is 5.29. The number of Topliss-reactive ketones (excluding diaryl/α,β-unsaturated/α-hetero) is 1. The van der Waals surface area contributed by atoms with Crippen LogP contribution >= 0.6 is 0 Å². The first kappa shape index (κ1) is 15.2. The van der Waals surface area contributed by atoms with Gasteiger partial charge in [-0.15, -0.1) is 0 Å². The van der Waals surface area contributed by atoms with Crippen LogP contribution in [0.2, 0.25) is 0 Å². The Bertz CT molecular complexity index is 599. The molecule has 3 heteroatoms. The maximum absolute atomic E-state index is 12.4. The molecule has 0 spiro atoms. The van der Waals surface area contributed by atoms with Gasteiger partial charge in [-0.1, -0.05) is 31.5 Å². The van der Waals surface area contributed by atoms with E-state index >= 15 is 0 Å². The Morgan fingerprint density at radius 3 is 2.91 bits per heavy atom. The number of fused-ring (bicyclic) bond motifs is 4. The van der Waals surface area contributed by atoms with Crippen LogP contribution in [0.15, 0.2) is 24.3 Å². The summed E-state index contributed by atoms with van der Waals surface area (Å²) in [5.74, 6) is 2.30. The van der Waals surface area contributed by atoms with E-state index in [0.29, 0.717) is 29.6 Å². The number of ketones is 1. The average Bonchev–Trinajstić information content (AvgIpc) is 2.87. The van der Waals surface area contributed by atoms with Crippen LogP contribution in [0.5, 0.6) is 0 Å². The lowest BCUT2D eigenvalue weighted by Crippen LogP contribution is -2.58. The molecule has 3 fully saturated rings. The van der Waals surface area contributed by atoms with Crippen molar-refractivity contribution in [2.45, 2.75) is 57.5 Å². The zero-order valence-electron chi connectivity index (χ0n) is 14.3. The van der Waals surface area contributed by atoms with Crippen molar-refractivity contribution in [2.24, 2.45) is 11.8 Å². The minimum Gasteiger partial charge on any atom is -0.382 e. The summed E-state index contributed by atoms with van der Waals surface area (Å²) in [5.41, 5.74) is 2.76. The number of anilines is 1. The number of benzene rings is 1. The fourth-order valence-electron chi connectivity index (χ4n) is 5.29. The molecular formula is C20H28N2O. The van der Waals surface area contributed by atoms with E-state index in [1.165, 1.54) is 17.7 Å². The summed E-state index contributed by atoms with van der Waals surface area (Å²) in [7, 11) is 0. The molecule has 1 saturated carbocycles. The molecule has 2 saturated heterocycles. The zero-order valence-corrected chi connectivity index (χ0v) is 14.3. The highest BCUT2D eigenvalue weighted by atomic mass is 16.1. The van der Waals surface area contributed by atoms with Crippen LogP contribution in [0.25, 0.3) is 0 Å². The van der Waals surface area contributed by atoms with E-state index in [0.717, 1.165) is 32.4 Å². The molecule has 1 aliphatic carbocycles. The zero-order chi connectivity index (χ0) is 16.0. The lowest BCUT2D eigenvalue weighted by Gasteiger charge is -2.49. The molecule has 5 rings (SSSR count). The Labute approximate surface area is 139 Å². The molecule has 4 aliphatic rings. The third-order valence-corrected chi connectivity index (χ3v) is 6.39. The van der Waals surface area contributed by atoms with Gasteiger partial charge < -0.3 is 5.32 Å². The summed E-state index contributed by atoms with van der Waals surface area (Å²) < 4.78 is 0. The van der Waals surface area contributed by atoms with Gasteiger partial charge in [0.25, 0.3) is 0 Å². The molecule has 0 aromatic heterocycles. The minimum absolute atomic E-state index is 0.213. The monoisotopic (exact) mass is 312 g/mol. The van der Waals surface area contributed by atoms with Crippen LogP contribution in [0.4, 0.5) is 5.69 Å². The molecule has 3 nitrogen and oxygen atoms in total. The van der Waals surface area contributed by atoms with Crippen molar-refractivity contribution in [3.8, 4) is 0 Å². The first-order valence-electron chi connectivity index (χ1n) is 9.29. The quantitative estimate of drug-likeness (QED) is 0.921. The van der Waals surface area contributed by atoms with Gasteiger partial charge in [-0.2, -0.15) is 0 Å². The lowest BCUT2D eigenvalue weighted by molar-refractivity contribution is -0.137. The molecule has 1 N–H and O–H groups in total. The second-order valence-corrected chi connectivity index (χ2v) is 7.80. The minimum atomic E-state index is 0.213. The van der Waals surface area contributed by atoms with Crippen molar-refractivity contribution in [2.75, 3.05) is 18.4 Å². The molecule has 124 valence electrons. The predicted octanol–water partition coefficient (Wildman–Crippen LogP) is 3.66. The summed E-state index contributed by atoms with van der Waals surface area (Å²) in [4.78, 5) is 15.0. The molecule has 1 aromatic rings. The van der Waals surface area contributed by atoms with Crippen molar-refractivity contribution >= 4 is 11.5 Å². The first-order valence-corrected chi connectivity index (χ1v) is 9.29. The summed E-state index contributed by atoms with van der Waals surface area (Å²) in [6.45, 7) is 6.74. The number of rotatable bonds is 4. The van der Waals surface area contributed by atoms with Crippen LogP contribution in [0.3, 0.4) is 0 Å². The van der Waals surface area contributed by atoms with Crippen LogP contribution in [0, 0.1) is 11.8 Å². The summed E-state index contributed by atoms with van der Waals surface area (Å²) >= 11 is 0. The Kier molecular flexibility index (Phi) is 3.92. The molecule has 1 aromatic carbocycles. The van der Waals surface area contributed by atoms with Gasteiger partial charge in [0, 0.05) is 30.6 Å². The van der Waals surface area contributed by atoms with Crippen molar-refractivity contribution in [1.29, 1.82) is 0 Å². The molecule has 0 radical (unpaired) electrons. The van der Waals surface area contributed by atoms with Gasteiger partial charge in [0.2, 0.25) is 0 Å². The van der Waals surface area contributed by atoms with E-state index in [1.54, 1.807) is 0 Å². The SMILES string of the molecule is CCC1CC2CC(=O)C1N(CCC1c3ccccc3NC1C)C2. The van der Waals surface area contributed by atoms with Gasteiger partial charge in [0.1, 0.15) is 0 Å². The van der Waals surface area contributed by atoms with Gasteiger partial charge in [-0.25, -0.2) is 0 Å². The molecule has 2 bridgehead atoms. The Balaban J connectivity index is 1.46. The highest BCUT2D eigenvalue weighted by Gasteiger charge is 2.45. The first-order chi connectivity index (χ1) is 11.2. The van der Waals surface area contributed by atoms with Gasteiger partial charge >= 0.3 is 0 Å². The van der Waals surface area contributed by atoms with Gasteiger partial charge in [0.15, 0.2) is 5.78 Å². The van der Waals surface area contributed by atoms with Crippen molar-refractivity contribution in [1.82, 2.24) is 4.90 Å². The molecule has 23 heavy (non-hydrogen) atoms. The smallest absolute Gasteiger partial charge is 0.150 e. The third kappa shape index (κ3) is 2.59. The van der Waals surface area contributed by atoms with E-state index in [2.05, 4.69) is 48.3 Å². The van der Waals surface area contributed by atoms with Crippen LogP contribution in [0.1, 0.15) is 51.0 Å². The van der Waals surface area contributed by atoms with E-state index in [-0.39, 0.29) is 6.04 Å². The molecular weight excluding hydrogens is 284 g/mol. The summed E-state index contributed by atoms with van der Waals surface area (Å²) in [6.07, 6.45) is 4.40. The molecule has 5 atom stereocenters. The van der Waals surface area contributed by atoms with Gasteiger partial charge in [0.05, 0.1) is 6.04 Å². The highest BCUT2D eigenvalue weighted by Crippen LogP contribution is 2.41. The number of hydrogen-bond acceptors (Lipinski definition) is 3. The second-order valence-electron chi connectivity index (χ2n) is 7.80. The predicted molar refractivity (Wildman–Crippen MR) is 93.8 cm³/mol. The van der Waals surface area contributed by atoms with Crippen molar-refractivity contribution in [3.63, 3.8) is 0 Å². The van der Waals surface area contributed by atoms with E-state index in [9.17, 15) is 4.79 Å². The second kappa shape index (κ2) is 5.94. The third-order valence-electron chi connectivity index (χ3n) is 6.39. The van der Waals surface area contributed by atoms with Crippen molar-refractivity contribution in [3.05, 3.63) is 29.8 Å². The van der Waals surface area contributed by atoms with Crippen LogP contribution in [-0.4, -0.2) is 35.9 Å². The largest absolute Gasteiger partial charge is 0.382 e. The molecule has 3 aliphatic heterocycles. The number of carbonyl (C=O) groups is 1. The lowest BCUT2D eigenvalue weighted by atomic mass is 9.71. The standard InChI is InChI=1S/C20H28N2O/c1-3-15-10-14-11-19(23)20(15)22(12-14)9-8-16-13(2)21-18-7-5-4-6-17(16)18/h4-7,13-16,20-21H,3,8-12H2,1-2H3. The van der Waals surface area contributed by atoms with Crippen LogP contribution in [-0.2, 0) is 4.79 Å². The van der Waals surface area contributed by atoms with Crippen LogP contribution < -0.4 is 5.32 Å². The fraction of sp³-hybridized carbons (Fsp3) is 0.650. The maximum atomic E-state index is 12.4. The number of nitrogens with one attached hydrogen (secondary N) is 1. The molecule has 3 heterocycles. The highest BCUT2D eigenvalue weighted by molar-refractivity contribution is 5.86. The summed E-state index contributed by atoms with van der Waals surface area (Å²) in [6, 6.07) is 9.40. The maximum Gasteiger partial charge on any atom is 0.150 e. The van der Waals surface area contributed by atoms with Gasteiger partial charge in [-0.05, 0) is 49.8 Å². The molecule has 0 amide bonds. The number of para-hydroxylation sites is 1. The normalized spacial score (nSPS) is 36.1. The van der Waals surface area contributed by atoms with E-state index < -0.39 is 0 Å². The number of hydrogen-bond donors (Lipinski definition) is 1. The van der Waals surface area contributed by atoms with E-state index in [1.807, 2.05) is 0 Å². The number of nitrogens with zero attached hydrogens (tertiary/aromatic N) is 1. The Morgan fingerprint density at radius 2 is 2.13 bits per heavy atom. The average molecular weight is 312 g/mol. The van der Waals surface area contributed by atoms with E-state index in [4.69, 9.17) is 0 Å². The number of carbonyl (C=O) groups excluding carboxylic acids is 1. The Morgan fingerprint density at radius 1 is 1.30 bits per heavy atom. The number of piperidine rings is 2. The van der Waals surface area contributed by atoms with Gasteiger partial charge in [-0.3, -0.25) is 9.69 Å². The summed E-state index contributed by atoms with van der Waals surface area (Å²) in [5, 5.41) is 3.61.